The molecule has 3 nitrogen and oxygen atoms in total. The number of benzene rings is 2. The fourth-order valence-corrected chi connectivity index (χ4v) is 1.94. The highest BCUT2D eigenvalue weighted by Crippen LogP contribution is 2.34. The van der Waals surface area contributed by atoms with Crippen LogP contribution in [0.2, 0.25) is 0 Å². The van der Waals surface area contributed by atoms with E-state index in [2.05, 4.69) is 22.0 Å². The minimum Gasteiger partial charge on any atom is -0.508 e. The van der Waals surface area contributed by atoms with Gasteiger partial charge in [0, 0.05) is 5.56 Å². The molecule has 18 heavy (non-hydrogen) atoms. The highest BCUT2D eigenvalue weighted by Gasteiger charge is 2.08. The molecule has 0 fully saturated rings. The van der Waals surface area contributed by atoms with Gasteiger partial charge in [-0.15, -0.1) is 0 Å². The molecule has 0 aliphatic carbocycles. The van der Waals surface area contributed by atoms with Gasteiger partial charge in [-0.1, -0.05) is 6.07 Å². The summed E-state index contributed by atoms with van der Waals surface area (Å²) in [5, 5.41) is 18.4. The van der Waals surface area contributed by atoms with Crippen LogP contribution in [-0.2, 0) is 0 Å². The van der Waals surface area contributed by atoms with Crippen LogP contribution in [0.5, 0.6) is 17.2 Å². The molecule has 2 rings (SSSR count). The lowest BCUT2D eigenvalue weighted by atomic mass is 10.2. The normalized spacial score (nSPS) is 9.83. The van der Waals surface area contributed by atoms with Gasteiger partial charge in [0.1, 0.15) is 17.2 Å². The summed E-state index contributed by atoms with van der Waals surface area (Å²) in [4.78, 5) is 0. The molecule has 2 aromatic rings. The van der Waals surface area contributed by atoms with Gasteiger partial charge >= 0.3 is 0 Å². The average Bonchev–Trinajstić information content (AvgIpc) is 2.37. The quantitative estimate of drug-likeness (QED) is 0.907. The number of rotatable bonds is 2. The molecule has 0 saturated carbocycles. The zero-order chi connectivity index (χ0) is 13.1. The number of phenolic OH excluding ortho intramolecular Hbond substituents is 1. The van der Waals surface area contributed by atoms with Crippen LogP contribution >= 0.6 is 15.9 Å². The van der Waals surface area contributed by atoms with E-state index in [4.69, 9.17) is 10.00 Å². The largest absolute Gasteiger partial charge is 0.508 e. The van der Waals surface area contributed by atoms with Crippen molar-refractivity contribution in [2.45, 2.75) is 6.92 Å². The molecule has 2 aromatic carbocycles. The highest BCUT2D eigenvalue weighted by molar-refractivity contribution is 9.10. The minimum atomic E-state index is 0.192. The lowest BCUT2D eigenvalue weighted by molar-refractivity contribution is 0.447. The molecule has 90 valence electrons. The van der Waals surface area contributed by atoms with E-state index in [0.29, 0.717) is 27.1 Å². The van der Waals surface area contributed by atoms with Crippen LogP contribution in [0.4, 0.5) is 0 Å². The molecule has 4 heteroatoms. The average molecular weight is 304 g/mol. The Morgan fingerprint density at radius 1 is 1.22 bits per heavy atom. The van der Waals surface area contributed by atoms with Crippen LogP contribution in [-0.4, -0.2) is 5.11 Å². The van der Waals surface area contributed by atoms with Crippen molar-refractivity contribution in [2.24, 2.45) is 0 Å². The van der Waals surface area contributed by atoms with E-state index >= 15 is 0 Å². The minimum absolute atomic E-state index is 0.192. The molecule has 0 amide bonds. The summed E-state index contributed by atoms with van der Waals surface area (Å²) < 4.78 is 6.40. The number of ether oxygens (including phenoxy) is 1. The van der Waals surface area contributed by atoms with E-state index in [0.717, 1.165) is 0 Å². The summed E-state index contributed by atoms with van der Waals surface area (Å²) in [6.07, 6.45) is 0. The number of nitriles is 1. The first-order chi connectivity index (χ1) is 8.61. The van der Waals surface area contributed by atoms with E-state index in [-0.39, 0.29) is 5.75 Å². The Hall–Kier alpha value is -1.99. The summed E-state index contributed by atoms with van der Waals surface area (Å²) in [7, 11) is 0. The zero-order valence-electron chi connectivity index (χ0n) is 9.64. The van der Waals surface area contributed by atoms with Gasteiger partial charge in [0.25, 0.3) is 0 Å². The predicted molar refractivity (Wildman–Crippen MR) is 71.8 cm³/mol. The highest BCUT2D eigenvalue weighted by atomic mass is 79.9. The van der Waals surface area contributed by atoms with E-state index < -0.39 is 0 Å². The molecule has 0 heterocycles. The molecule has 0 spiro atoms. The number of halogens is 1. The Bertz CT molecular complexity index is 632. The summed E-state index contributed by atoms with van der Waals surface area (Å²) in [5.41, 5.74) is 1.23. The molecule has 0 aromatic heterocycles. The smallest absolute Gasteiger partial charge is 0.141 e. The molecule has 0 bridgehead atoms. The third-order valence-corrected chi connectivity index (χ3v) is 3.16. The van der Waals surface area contributed by atoms with Crippen molar-refractivity contribution in [3.8, 4) is 23.3 Å². The predicted octanol–water partition coefficient (Wildman–Crippen LogP) is 4.13. The summed E-state index contributed by atoms with van der Waals surface area (Å²) in [6.45, 7) is 1.78. The van der Waals surface area contributed by atoms with Crippen LogP contribution in [0.3, 0.4) is 0 Å². The number of phenols is 1. The number of nitrogens with zero attached hydrogens (tertiary/aromatic N) is 1. The first kappa shape index (κ1) is 12.5. The number of aromatic hydroxyl groups is 1. The first-order valence-electron chi connectivity index (χ1n) is 5.28. The van der Waals surface area contributed by atoms with E-state index in [1.807, 2.05) is 0 Å². The van der Waals surface area contributed by atoms with Crippen LogP contribution in [0, 0.1) is 18.3 Å². The molecule has 0 radical (unpaired) electrons. The summed E-state index contributed by atoms with van der Waals surface area (Å²) in [6, 6.07) is 12.2. The van der Waals surface area contributed by atoms with Crippen molar-refractivity contribution in [3.05, 3.63) is 52.0 Å². The van der Waals surface area contributed by atoms with Gasteiger partial charge in [-0.05, 0) is 53.2 Å². The number of hydrogen-bond acceptors (Lipinski definition) is 3. The SMILES string of the molecule is Cc1c(O)cccc1Oc1ccc(C#N)cc1Br. The molecule has 0 aliphatic rings. The second-order valence-electron chi connectivity index (χ2n) is 3.76. The van der Waals surface area contributed by atoms with Crippen LogP contribution < -0.4 is 4.74 Å². The van der Waals surface area contributed by atoms with Gasteiger partial charge in [0.05, 0.1) is 16.1 Å². The van der Waals surface area contributed by atoms with E-state index in [1.54, 1.807) is 43.3 Å². The van der Waals surface area contributed by atoms with Crippen molar-refractivity contribution in [2.75, 3.05) is 0 Å². The Balaban J connectivity index is 2.35. The molecule has 0 unspecified atom stereocenters. The lowest BCUT2D eigenvalue weighted by Crippen LogP contribution is -1.89. The standard InChI is InChI=1S/C14H10BrNO2/c1-9-12(17)3-2-4-13(9)18-14-6-5-10(8-16)7-11(14)15/h2-7,17H,1H3. The second-order valence-corrected chi connectivity index (χ2v) is 4.61. The lowest BCUT2D eigenvalue weighted by Gasteiger charge is -2.11. The maximum atomic E-state index is 9.59. The first-order valence-corrected chi connectivity index (χ1v) is 6.07. The Kier molecular flexibility index (Phi) is 3.54. The summed E-state index contributed by atoms with van der Waals surface area (Å²) >= 11 is 3.35. The molecule has 0 aliphatic heterocycles. The Morgan fingerprint density at radius 2 is 2.00 bits per heavy atom. The van der Waals surface area contributed by atoms with Gasteiger partial charge in [0.2, 0.25) is 0 Å². The third-order valence-electron chi connectivity index (χ3n) is 2.54. The van der Waals surface area contributed by atoms with Crippen molar-refractivity contribution in [1.29, 1.82) is 5.26 Å². The topological polar surface area (TPSA) is 53.2 Å². The monoisotopic (exact) mass is 303 g/mol. The fraction of sp³-hybridized carbons (Fsp3) is 0.0714. The Labute approximate surface area is 113 Å². The molecule has 0 atom stereocenters. The van der Waals surface area contributed by atoms with Crippen LogP contribution in [0.25, 0.3) is 0 Å². The van der Waals surface area contributed by atoms with Gasteiger partial charge in [0.15, 0.2) is 0 Å². The molecular weight excluding hydrogens is 294 g/mol. The fourth-order valence-electron chi connectivity index (χ4n) is 1.49. The maximum Gasteiger partial charge on any atom is 0.141 e. The molecule has 0 saturated heterocycles. The van der Waals surface area contributed by atoms with Gasteiger partial charge in [-0.3, -0.25) is 0 Å². The van der Waals surface area contributed by atoms with E-state index in [9.17, 15) is 5.11 Å². The van der Waals surface area contributed by atoms with Crippen LogP contribution in [0.15, 0.2) is 40.9 Å². The van der Waals surface area contributed by atoms with E-state index in [1.165, 1.54) is 0 Å². The Morgan fingerprint density at radius 3 is 2.67 bits per heavy atom. The zero-order valence-corrected chi connectivity index (χ0v) is 11.2. The van der Waals surface area contributed by atoms with Gasteiger partial charge < -0.3 is 9.84 Å². The second kappa shape index (κ2) is 5.11. The molecular formula is C14H10BrNO2. The van der Waals surface area contributed by atoms with Gasteiger partial charge in [-0.2, -0.15) is 5.26 Å². The number of hydrogen-bond donors (Lipinski definition) is 1. The summed E-state index contributed by atoms with van der Waals surface area (Å²) in [5.74, 6) is 1.38. The van der Waals surface area contributed by atoms with Gasteiger partial charge in [-0.25, -0.2) is 0 Å². The molecule has 1 N–H and O–H groups in total. The third kappa shape index (κ3) is 2.47. The maximum absolute atomic E-state index is 9.59. The van der Waals surface area contributed by atoms with Crippen molar-refractivity contribution < 1.29 is 9.84 Å². The van der Waals surface area contributed by atoms with Crippen LogP contribution in [0.1, 0.15) is 11.1 Å². The van der Waals surface area contributed by atoms with Crippen molar-refractivity contribution >= 4 is 15.9 Å². The van der Waals surface area contributed by atoms with Crippen molar-refractivity contribution in [3.63, 3.8) is 0 Å². The van der Waals surface area contributed by atoms with Crippen molar-refractivity contribution in [1.82, 2.24) is 0 Å².